The van der Waals surface area contributed by atoms with Crippen LogP contribution in [0.25, 0.3) is 33.3 Å². The number of aromatic amines is 1. The molecule has 2 N–H and O–H groups in total. The fraction of sp³-hybridized carbons (Fsp3) is 0.111. The molecule has 8 nitrogen and oxygen atoms in total. The summed E-state index contributed by atoms with van der Waals surface area (Å²) in [6, 6.07) is 23.2. The fourth-order valence-corrected chi connectivity index (χ4v) is 4.17. The number of para-hydroxylation sites is 2. The van der Waals surface area contributed by atoms with Crippen molar-refractivity contribution in [2.75, 3.05) is 6.54 Å². The minimum Gasteiger partial charge on any atom is -0.467 e. The Morgan fingerprint density at radius 1 is 1.00 bits per heavy atom. The van der Waals surface area contributed by atoms with Gasteiger partial charge in [0, 0.05) is 18.5 Å². The molecule has 8 heteroatoms. The maximum atomic E-state index is 13.3. The van der Waals surface area contributed by atoms with Crippen molar-refractivity contribution in [2.24, 2.45) is 0 Å². The molecule has 0 bridgehead atoms. The van der Waals surface area contributed by atoms with E-state index >= 15 is 0 Å². The Hall–Kier alpha value is -4.72. The first-order valence-corrected chi connectivity index (χ1v) is 11.4. The van der Waals surface area contributed by atoms with Gasteiger partial charge in [0.1, 0.15) is 18.1 Å². The smallest absolute Gasteiger partial charge is 0.252 e. The summed E-state index contributed by atoms with van der Waals surface area (Å²) < 4.78 is 7.24. The van der Waals surface area contributed by atoms with Gasteiger partial charge < -0.3 is 14.7 Å². The molecular formula is C27H22N6O2. The predicted molar refractivity (Wildman–Crippen MR) is 133 cm³/mol. The molecule has 6 rings (SSSR count). The Balaban J connectivity index is 1.30. The molecule has 4 heterocycles. The van der Waals surface area contributed by atoms with Crippen LogP contribution in [-0.2, 0) is 13.0 Å². The van der Waals surface area contributed by atoms with E-state index in [4.69, 9.17) is 9.40 Å². The van der Waals surface area contributed by atoms with Gasteiger partial charge >= 0.3 is 0 Å². The molecule has 35 heavy (non-hydrogen) atoms. The number of benzene rings is 2. The Morgan fingerprint density at radius 2 is 1.86 bits per heavy atom. The molecule has 0 unspecified atom stereocenters. The number of nitrogens with one attached hydrogen (secondary N) is 2. The van der Waals surface area contributed by atoms with Crippen LogP contribution in [-0.4, -0.2) is 37.2 Å². The molecule has 0 radical (unpaired) electrons. The van der Waals surface area contributed by atoms with Crippen LogP contribution in [0.4, 0.5) is 0 Å². The highest BCUT2D eigenvalue weighted by molar-refractivity contribution is 6.06. The summed E-state index contributed by atoms with van der Waals surface area (Å²) in [6.45, 7) is 0.874. The average molecular weight is 463 g/mol. The number of rotatable bonds is 7. The predicted octanol–water partition coefficient (Wildman–Crippen LogP) is 4.59. The summed E-state index contributed by atoms with van der Waals surface area (Å²) >= 11 is 0. The standard InChI is InChI=1S/C27H22N6O2/c34-27(28-13-12-25-30-22-10-4-5-11-23(22)31-25)20-15-24(18-7-2-1-3-8-18)32-26-21(20)16-29-33(26)17-19-9-6-14-35-19/h1-11,14-16H,12-13,17H2,(H,28,34)(H,30,31). The van der Waals surface area contributed by atoms with Gasteiger partial charge in [0.05, 0.1) is 40.1 Å². The highest BCUT2D eigenvalue weighted by Gasteiger charge is 2.18. The lowest BCUT2D eigenvalue weighted by molar-refractivity contribution is 0.0955. The second kappa shape index (κ2) is 8.90. The summed E-state index contributed by atoms with van der Waals surface area (Å²) in [6.07, 6.45) is 3.91. The number of aromatic nitrogens is 5. The number of carbonyl (C=O) groups excluding carboxylic acids is 1. The van der Waals surface area contributed by atoms with Crippen molar-refractivity contribution in [3.05, 3.63) is 102 Å². The van der Waals surface area contributed by atoms with Crippen LogP contribution in [0, 0.1) is 0 Å². The minimum atomic E-state index is -0.178. The lowest BCUT2D eigenvalue weighted by Crippen LogP contribution is -2.26. The Labute approximate surface area is 200 Å². The van der Waals surface area contributed by atoms with Crippen molar-refractivity contribution < 1.29 is 9.21 Å². The van der Waals surface area contributed by atoms with Crippen molar-refractivity contribution in [1.29, 1.82) is 0 Å². The maximum absolute atomic E-state index is 13.3. The minimum absolute atomic E-state index is 0.178. The molecule has 0 aliphatic heterocycles. The van der Waals surface area contributed by atoms with Crippen LogP contribution in [0.1, 0.15) is 21.9 Å². The number of H-pyrrole nitrogens is 1. The molecule has 4 aromatic heterocycles. The number of pyridine rings is 1. The molecule has 6 aromatic rings. The molecule has 0 spiro atoms. The van der Waals surface area contributed by atoms with Gasteiger partial charge in [-0.25, -0.2) is 14.6 Å². The summed E-state index contributed by atoms with van der Waals surface area (Å²) in [5.74, 6) is 1.42. The number of nitrogens with zero attached hydrogens (tertiary/aromatic N) is 4. The number of hydrogen-bond acceptors (Lipinski definition) is 5. The number of carbonyl (C=O) groups is 1. The highest BCUT2D eigenvalue weighted by Crippen LogP contribution is 2.25. The van der Waals surface area contributed by atoms with Gasteiger partial charge in [-0.1, -0.05) is 42.5 Å². The third-order valence-corrected chi connectivity index (χ3v) is 5.89. The summed E-state index contributed by atoms with van der Waals surface area (Å²) in [5, 5.41) is 8.23. The van der Waals surface area contributed by atoms with Gasteiger partial charge in [0.25, 0.3) is 5.91 Å². The van der Waals surface area contributed by atoms with E-state index in [-0.39, 0.29) is 5.91 Å². The number of amides is 1. The maximum Gasteiger partial charge on any atom is 0.252 e. The second-order valence-corrected chi connectivity index (χ2v) is 8.25. The zero-order valence-electron chi connectivity index (χ0n) is 18.8. The number of furan rings is 1. The Bertz CT molecular complexity index is 1580. The normalized spacial score (nSPS) is 11.3. The third kappa shape index (κ3) is 4.17. The number of imidazole rings is 1. The molecule has 0 aliphatic rings. The molecule has 1 amide bonds. The monoisotopic (exact) mass is 462 g/mol. The third-order valence-electron chi connectivity index (χ3n) is 5.89. The first-order valence-electron chi connectivity index (χ1n) is 11.4. The average Bonchev–Trinajstić information content (AvgIpc) is 3.64. The summed E-state index contributed by atoms with van der Waals surface area (Å²) in [7, 11) is 0. The van der Waals surface area contributed by atoms with Gasteiger partial charge in [-0.15, -0.1) is 0 Å². The van der Waals surface area contributed by atoms with Crippen LogP contribution >= 0.6 is 0 Å². The number of fused-ring (bicyclic) bond motifs is 2. The van der Waals surface area contributed by atoms with Gasteiger partial charge in [0.15, 0.2) is 5.65 Å². The van der Waals surface area contributed by atoms with E-state index in [2.05, 4.69) is 20.4 Å². The molecule has 172 valence electrons. The van der Waals surface area contributed by atoms with E-state index in [0.29, 0.717) is 41.8 Å². The first kappa shape index (κ1) is 20.9. The molecule has 0 saturated heterocycles. The van der Waals surface area contributed by atoms with Crippen molar-refractivity contribution in [3.63, 3.8) is 0 Å². The van der Waals surface area contributed by atoms with Gasteiger partial charge in [-0.05, 0) is 30.3 Å². The van der Waals surface area contributed by atoms with Crippen molar-refractivity contribution >= 4 is 28.0 Å². The molecule has 0 fully saturated rings. The van der Waals surface area contributed by atoms with E-state index in [0.717, 1.165) is 28.2 Å². The zero-order chi connectivity index (χ0) is 23.6. The SMILES string of the molecule is O=C(NCCc1nc2ccccc2[nH]1)c1cc(-c2ccccc2)nc2c1cnn2Cc1ccco1. The van der Waals surface area contributed by atoms with Crippen molar-refractivity contribution in [3.8, 4) is 11.3 Å². The van der Waals surface area contributed by atoms with E-state index < -0.39 is 0 Å². The van der Waals surface area contributed by atoms with Crippen molar-refractivity contribution in [1.82, 2.24) is 30.0 Å². The van der Waals surface area contributed by atoms with E-state index in [9.17, 15) is 4.79 Å². The number of hydrogen-bond donors (Lipinski definition) is 2. The Kier molecular flexibility index (Phi) is 5.31. The van der Waals surface area contributed by atoms with Crippen LogP contribution in [0.15, 0.2) is 89.7 Å². The summed E-state index contributed by atoms with van der Waals surface area (Å²) in [4.78, 5) is 26.0. The molecular weight excluding hydrogens is 440 g/mol. The highest BCUT2D eigenvalue weighted by atomic mass is 16.3. The fourth-order valence-electron chi connectivity index (χ4n) is 4.17. The van der Waals surface area contributed by atoms with Gasteiger partial charge in [-0.3, -0.25) is 4.79 Å². The molecule has 0 saturated carbocycles. The van der Waals surface area contributed by atoms with Gasteiger partial charge in [-0.2, -0.15) is 5.10 Å². The lowest BCUT2D eigenvalue weighted by atomic mass is 10.1. The van der Waals surface area contributed by atoms with Crippen LogP contribution in [0.5, 0.6) is 0 Å². The van der Waals surface area contributed by atoms with Crippen molar-refractivity contribution in [2.45, 2.75) is 13.0 Å². The van der Waals surface area contributed by atoms with Crippen LogP contribution in [0.3, 0.4) is 0 Å². The van der Waals surface area contributed by atoms with Gasteiger partial charge in [0.2, 0.25) is 0 Å². The first-order chi connectivity index (χ1) is 17.2. The van der Waals surface area contributed by atoms with E-state index in [1.165, 1.54) is 0 Å². The summed E-state index contributed by atoms with van der Waals surface area (Å²) in [5.41, 5.74) is 4.70. The van der Waals surface area contributed by atoms with Crippen LogP contribution < -0.4 is 5.32 Å². The topological polar surface area (TPSA) is 102 Å². The Morgan fingerprint density at radius 3 is 2.69 bits per heavy atom. The zero-order valence-corrected chi connectivity index (χ0v) is 18.8. The molecule has 2 aromatic carbocycles. The van der Waals surface area contributed by atoms with E-state index in [1.54, 1.807) is 17.1 Å². The molecule has 0 aliphatic carbocycles. The molecule has 0 atom stereocenters. The quantitative estimate of drug-likeness (QED) is 0.361. The van der Waals surface area contributed by atoms with Crippen LogP contribution in [0.2, 0.25) is 0 Å². The lowest BCUT2D eigenvalue weighted by Gasteiger charge is -2.09. The van der Waals surface area contributed by atoms with E-state index in [1.807, 2.05) is 72.8 Å². The second-order valence-electron chi connectivity index (χ2n) is 8.25. The largest absolute Gasteiger partial charge is 0.467 e.